The predicted octanol–water partition coefficient (Wildman–Crippen LogP) is 1.35. The van der Waals surface area contributed by atoms with Gasteiger partial charge in [0.25, 0.3) is 0 Å². The number of para-hydroxylation sites is 1. The Balaban J connectivity index is 2.24. The van der Waals surface area contributed by atoms with Gasteiger partial charge < -0.3 is 9.88 Å². The van der Waals surface area contributed by atoms with E-state index in [2.05, 4.69) is 10.3 Å². The Hall–Kier alpha value is -1.82. The highest BCUT2D eigenvalue weighted by Gasteiger charge is 2.22. The third-order valence-electron chi connectivity index (χ3n) is 3.60. The SMILES string of the molecule is Cc1c(S(C)(=O)=O)c2ccccc2n1CC1=NCCN1. The topological polar surface area (TPSA) is 63.5 Å². The van der Waals surface area contributed by atoms with Crippen LogP contribution in [0.5, 0.6) is 0 Å². The molecule has 0 saturated carbocycles. The second kappa shape index (κ2) is 4.63. The van der Waals surface area contributed by atoms with Gasteiger partial charge >= 0.3 is 0 Å². The maximum atomic E-state index is 12.1. The standard InChI is InChI=1S/C14H17N3O2S/c1-10-14(20(2,18)19)11-5-3-4-6-12(11)17(10)9-13-15-7-8-16-13/h3-6H,7-9H2,1-2H3,(H,15,16). The van der Waals surface area contributed by atoms with Gasteiger partial charge in [-0.2, -0.15) is 0 Å². The summed E-state index contributed by atoms with van der Waals surface area (Å²) < 4.78 is 26.1. The molecule has 0 fully saturated rings. The van der Waals surface area contributed by atoms with Gasteiger partial charge in [0.1, 0.15) is 5.84 Å². The first-order valence-corrected chi connectivity index (χ1v) is 8.42. The van der Waals surface area contributed by atoms with Gasteiger partial charge in [-0.15, -0.1) is 0 Å². The molecule has 0 aliphatic carbocycles. The van der Waals surface area contributed by atoms with E-state index in [4.69, 9.17) is 0 Å². The number of hydrogen-bond donors (Lipinski definition) is 1. The summed E-state index contributed by atoms with van der Waals surface area (Å²) in [7, 11) is -3.25. The van der Waals surface area contributed by atoms with Crippen molar-refractivity contribution in [3.8, 4) is 0 Å². The summed E-state index contributed by atoms with van der Waals surface area (Å²) >= 11 is 0. The molecule has 0 bridgehead atoms. The number of aliphatic imine (C=N–C) groups is 1. The molecule has 1 aliphatic heterocycles. The summed E-state index contributed by atoms with van der Waals surface area (Å²) in [5, 5.41) is 4.01. The number of rotatable bonds is 3. The van der Waals surface area contributed by atoms with Crippen molar-refractivity contribution in [3.63, 3.8) is 0 Å². The average molecular weight is 291 g/mol. The van der Waals surface area contributed by atoms with Gasteiger partial charge in [-0.25, -0.2) is 8.42 Å². The second-order valence-electron chi connectivity index (χ2n) is 5.05. The summed E-state index contributed by atoms with van der Waals surface area (Å²) in [6.07, 6.45) is 1.26. The molecule has 6 heteroatoms. The number of aromatic nitrogens is 1. The van der Waals surface area contributed by atoms with Crippen LogP contribution in [0.3, 0.4) is 0 Å². The molecule has 0 unspecified atom stereocenters. The Morgan fingerprint density at radius 1 is 1.35 bits per heavy atom. The Bertz CT molecular complexity index is 803. The molecule has 0 saturated heterocycles. The summed E-state index contributed by atoms with van der Waals surface area (Å²) in [6, 6.07) is 7.60. The first kappa shape index (κ1) is 13.2. The van der Waals surface area contributed by atoms with Gasteiger partial charge in [0.15, 0.2) is 9.84 Å². The smallest absolute Gasteiger partial charge is 0.177 e. The highest BCUT2D eigenvalue weighted by atomic mass is 32.2. The van der Waals surface area contributed by atoms with Crippen LogP contribution in [0.1, 0.15) is 5.69 Å². The Labute approximate surface area is 118 Å². The van der Waals surface area contributed by atoms with Crippen LogP contribution in [-0.4, -0.2) is 38.2 Å². The van der Waals surface area contributed by atoms with Crippen molar-refractivity contribution >= 4 is 26.6 Å². The van der Waals surface area contributed by atoms with E-state index in [0.29, 0.717) is 11.4 Å². The van der Waals surface area contributed by atoms with Crippen molar-refractivity contribution in [2.75, 3.05) is 19.3 Å². The normalized spacial score (nSPS) is 15.4. The van der Waals surface area contributed by atoms with Crippen LogP contribution in [0.15, 0.2) is 34.2 Å². The summed E-state index contributed by atoms with van der Waals surface area (Å²) in [5.74, 6) is 0.911. The zero-order chi connectivity index (χ0) is 14.3. The van der Waals surface area contributed by atoms with Gasteiger partial charge in [0, 0.05) is 29.4 Å². The molecule has 1 N–H and O–H groups in total. The summed E-state index contributed by atoms with van der Waals surface area (Å²) in [4.78, 5) is 4.81. The first-order chi connectivity index (χ1) is 9.48. The van der Waals surface area contributed by atoms with E-state index < -0.39 is 9.84 Å². The number of nitrogens with zero attached hydrogens (tertiary/aromatic N) is 2. The van der Waals surface area contributed by atoms with Crippen LogP contribution in [0.25, 0.3) is 10.9 Å². The average Bonchev–Trinajstić information content (AvgIpc) is 2.96. The lowest BCUT2D eigenvalue weighted by molar-refractivity contribution is 0.601. The van der Waals surface area contributed by atoms with E-state index in [1.54, 1.807) is 0 Å². The molecular weight excluding hydrogens is 274 g/mol. The van der Waals surface area contributed by atoms with Crippen molar-refractivity contribution in [1.82, 2.24) is 9.88 Å². The fourth-order valence-electron chi connectivity index (χ4n) is 2.77. The van der Waals surface area contributed by atoms with Crippen molar-refractivity contribution < 1.29 is 8.42 Å². The molecule has 0 atom stereocenters. The van der Waals surface area contributed by atoms with E-state index in [9.17, 15) is 8.42 Å². The van der Waals surface area contributed by atoms with Crippen LogP contribution in [-0.2, 0) is 16.4 Å². The molecular formula is C14H17N3O2S. The number of amidine groups is 1. The van der Waals surface area contributed by atoms with Crippen molar-refractivity contribution in [1.29, 1.82) is 0 Å². The Morgan fingerprint density at radius 3 is 2.75 bits per heavy atom. The molecule has 2 heterocycles. The van der Waals surface area contributed by atoms with E-state index >= 15 is 0 Å². The minimum Gasteiger partial charge on any atom is -0.370 e. The van der Waals surface area contributed by atoms with Gasteiger partial charge in [-0.3, -0.25) is 4.99 Å². The van der Waals surface area contributed by atoms with E-state index in [1.807, 2.05) is 35.8 Å². The third-order valence-corrected chi connectivity index (χ3v) is 4.85. The van der Waals surface area contributed by atoms with Crippen LogP contribution in [0, 0.1) is 6.92 Å². The number of sulfone groups is 1. The Kier molecular flexibility index (Phi) is 3.05. The van der Waals surface area contributed by atoms with Crippen molar-refractivity contribution in [2.45, 2.75) is 18.4 Å². The number of hydrogen-bond acceptors (Lipinski definition) is 4. The quantitative estimate of drug-likeness (QED) is 0.928. The lowest BCUT2D eigenvalue weighted by atomic mass is 10.2. The third kappa shape index (κ3) is 2.10. The molecule has 0 amide bonds. The van der Waals surface area contributed by atoms with Crippen LogP contribution in [0.4, 0.5) is 0 Å². The molecule has 20 heavy (non-hydrogen) atoms. The van der Waals surface area contributed by atoms with Gasteiger partial charge in [-0.1, -0.05) is 18.2 Å². The highest BCUT2D eigenvalue weighted by Crippen LogP contribution is 2.29. The van der Waals surface area contributed by atoms with Crippen LogP contribution >= 0.6 is 0 Å². The fourth-order valence-corrected chi connectivity index (χ4v) is 3.99. The lowest BCUT2D eigenvalue weighted by Crippen LogP contribution is -2.24. The fraction of sp³-hybridized carbons (Fsp3) is 0.357. The minimum atomic E-state index is -3.25. The van der Waals surface area contributed by atoms with E-state index in [0.717, 1.165) is 35.5 Å². The summed E-state index contributed by atoms with van der Waals surface area (Å²) in [5.41, 5.74) is 1.70. The first-order valence-electron chi connectivity index (χ1n) is 6.53. The molecule has 1 aromatic heterocycles. The molecule has 1 aromatic carbocycles. The highest BCUT2D eigenvalue weighted by molar-refractivity contribution is 7.91. The number of fused-ring (bicyclic) bond motifs is 1. The molecule has 106 valence electrons. The largest absolute Gasteiger partial charge is 0.370 e. The number of benzene rings is 1. The van der Waals surface area contributed by atoms with Gasteiger partial charge in [0.2, 0.25) is 0 Å². The molecule has 0 spiro atoms. The van der Waals surface area contributed by atoms with E-state index in [1.165, 1.54) is 6.26 Å². The summed E-state index contributed by atoms with van der Waals surface area (Å²) in [6.45, 7) is 4.08. The molecule has 0 radical (unpaired) electrons. The van der Waals surface area contributed by atoms with Crippen molar-refractivity contribution in [2.24, 2.45) is 4.99 Å². The number of nitrogens with one attached hydrogen (secondary N) is 1. The second-order valence-corrected chi connectivity index (χ2v) is 7.00. The van der Waals surface area contributed by atoms with E-state index in [-0.39, 0.29) is 0 Å². The zero-order valence-corrected chi connectivity index (χ0v) is 12.4. The lowest BCUT2D eigenvalue weighted by Gasteiger charge is -2.09. The van der Waals surface area contributed by atoms with Crippen LogP contribution in [0.2, 0.25) is 0 Å². The van der Waals surface area contributed by atoms with Gasteiger partial charge in [-0.05, 0) is 13.0 Å². The van der Waals surface area contributed by atoms with Gasteiger partial charge in [0.05, 0.1) is 18.0 Å². The zero-order valence-electron chi connectivity index (χ0n) is 11.5. The maximum absolute atomic E-state index is 12.1. The van der Waals surface area contributed by atoms with Crippen LogP contribution < -0.4 is 5.32 Å². The maximum Gasteiger partial charge on any atom is 0.177 e. The predicted molar refractivity (Wildman–Crippen MR) is 80.1 cm³/mol. The minimum absolute atomic E-state index is 0.423. The monoisotopic (exact) mass is 291 g/mol. The molecule has 5 nitrogen and oxygen atoms in total. The van der Waals surface area contributed by atoms with Crippen molar-refractivity contribution in [3.05, 3.63) is 30.0 Å². The molecule has 1 aliphatic rings. The Morgan fingerprint density at radius 2 is 2.10 bits per heavy atom. The molecule has 2 aromatic rings. The molecule has 3 rings (SSSR count).